The van der Waals surface area contributed by atoms with Gasteiger partial charge in [-0.3, -0.25) is 9.59 Å². The molecule has 1 heterocycles. The quantitative estimate of drug-likeness (QED) is 0.837. The lowest BCUT2D eigenvalue weighted by molar-refractivity contribution is -0.151. The zero-order chi connectivity index (χ0) is 17.9. The highest BCUT2D eigenvalue weighted by molar-refractivity contribution is 6.40. The van der Waals surface area contributed by atoms with Crippen LogP contribution in [0.4, 0.5) is 5.69 Å². The Morgan fingerprint density at radius 3 is 2.29 bits per heavy atom. The molecule has 1 N–H and O–H groups in total. The number of carbonyl (C=O) groups excluding carboxylic acids is 2. The van der Waals surface area contributed by atoms with Crippen molar-refractivity contribution in [2.24, 2.45) is 0 Å². The molecule has 1 fully saturated rings. The SMILES string of the molecule is COc1cc(NC(=O)C(=O)N2CC(C)OC(C)C2)c(OC)cc1Cl. The van der Waals surface area contributed by atoms with E-state index in [4.69, 9.17) is 25.8 Å². The predicted molar refractivity (Wildman–Crippen MR) is 89.8 cm³/mol. The smallest absolute Gasteiger partial charge is 0.314 e. The van der Waals surface area contributed by atoms with Crippen LogP contribution in [0.1, 0.15) is 13.8 Å². The molecule has 1 aromatic carbocycles. The molecule has 132 valence electrons. The maximum Gasteiger partial charge on any atom is 0.314 e. The highest BCUT2D eigenvalue weighted by Gasteiger charge is 2.30. The second kappa shape index (κ2) is 7.72. The number of rotatable bonds is 3. The highest BCUT2D eigenvalue weighted by Crippen LogP contribution is 2.35. The molecule has 0 radical (unpaired) electrons. The predicted octanol–water partition coefficient (Wildman–Crippen LogP) is 1.93. The molecule has 8 heteroatoms. The third kappa shape index (κ3) is 4.10. The van der Waals surface area contributed by atoms with Crippen molar-refractivity contribution < 1.29 is 23.8 Å². The molecule has 2 rings (SSSR count). The molecule has 2 atom stereocenters. The number of ether oxygens (including phenoxy) is 3. The standard InChI is InChI=1S/C16H21ClN2O5/c1-9-7-19(8-10(2)24-9)16(21)15(20)18-12-6-13(22-3)11(17)5-14(12)23-4/h5-6,9-10H,7-8H2,1-4H3,(H,18,20). The number of nitrogens with one attached hydrogen (secondary N) is 1. The fourth-order valence-electron chi connectivity index (χ4n) is 2.62. The van der Waals surface area contributed by atoms with E-state index in [0.717, 1.165) is 0 Å². The molecule has 1 aliphatic heterocycles. The van der Waals surface area contributed by atoms with E-state index in [-0.39, 0.29) is 12.2 Å². The summed E-state index contributed by atoms with van der Waals surface area (Å²) in [7, 11) is 2.90. The van der Waals surface area contributed by atoms with Crippen molar-refractivity contribution in [3.05, 3.63) is 17.2 Å². The molecule has 1 saturated heterocycles. The summed E-state index contributed by atoms with van der Waals surface area (Å²) in [4.78, 5) is 26.2. The molecule has 1 aliphatic rings. The minimum Gasteiger partial charge on any atom is -0.495 e. The number of benzene rings is 1. The Hall–Kier alpha value is -1.99. The normalized spacial score (nSPS) is 20.5. The summed E-state index contributed by atoms with van der Waals surface area (Å²) < 4.78 is 15.9. The molecule has 2 amide bonds. The second-order valence-electron chi connectivity index (χ2n) is 5.61. The molecule has 2 unspecified atom stereocenters. The first-order chi connectivity index (χ1) is 11.3. The van der Waals surface area contributed by atoms with Gasteiger partial charge in [0.2, 0.25) is 0 Å². The average molecular weight is 357 g/mol. The summed E-state index contributed by atoms with van der Waals surface area (Å²) in [6, 6.07) is 3.02. The Labute approximate surface area is 145 Å². The van der Waals surface area contributed by atoms with E-state index in [1.54, 1.807) is 0 Å². The van der Waals surface area contributed by atoms with Crippen molar-refractivity contribution in [1.29, 1.82) is 0 Å². The number of anilines is 1. The molecule has 0 aromatic heterocycles. The van der Waals surface area contributed by atoms with Gasteiger partial charge in [0.05, 0.1) is 37.1 Å². The Morgan fingerprint density at radius 2 is 1.75 bits per heavy atom. The fourth-order valence-corrected chi connectivity index (χ4v) is 2.85. The maximum absolute atomic E-state index is 12.4. The van der Waals surface area contributed by atoms with Crippen LogP contribution in [0.5, 0.6) is 11.5 Å². The molecule has 0 saturated carbocycles. The lowest BCUT2D eigenvalue weighted by Crippen LogP contribution is -2.51. The summed E-state index contributed by atoms with van der Waals surface area (Å²) in [5, 5.41) is 2.90. The number of hydrogen-bond acceptors (Lipinski definition) is 5. The van der Waals surface area contributed by atoms with E-state index in [0.29, 0.717) is 35.3 Å². The van der Waals surface area contributed by atoms with Crippen LogP contribution < -0.4 is 14.8 Å². The van der Waals surface area contributed by atoms with Crippen molar-refractivity contribution in [3.63, 3.8) is 0 Å². The van der Waals surface area contributed by atoms with Gasteiger partial charge in [0.15, 0.2) is 0 Å². The Bertz CT molecular complexity index is 627. The molecule has 24 heavy (non-hydrogen) atoms. The summed E-state index contributed by atoms with van der Waals surface area (Å²) >= 11 is 6.03. The molecule has 1 aromatic rings. The average Bonchev–Trinajstić information content (AvgIpc) is 2.54. The van der Waals surface area contributed by atoms with Gasteiger partial charge in [-0.15, -0.1) is 0 Å². The molecule has 0 spiro atoms. The van der Waals surface area contributed by atoms with Gasteiger partial charge in [-0.25, -0.2) is 0 Å². The molecular weight excluding hydrogens is 336 g/mol. The van der Waals surface area contributed by atoms with Crippen LogP contribution in [-0.4, -0.2) is 56.2 Å². The summed E-state index contributed by atoms with van der Waals surface area (Å²) in [6.07, 6.45) is -0.230. The van der Waals surface area contributed by atoms with Crippen LogP contribution in [0.3, 0.4) is 0 Å². The van der Waals surface area contributed by atoms with Gasteiger partial charge in [0, 0.05) is 25.2 Å². The second-order valence-corrected chi connectivity index (χ2v) is 6.02. The minimum absolute atomic E-state index is 0.115. The Morgan fingerprint density at radius 1 is 1.17 bits per heavy atom. The van der Waals surface area contributed by atoms with E-state index >= 15 is 0 Å². The zero-order valence-corrected chi connectivity index (χ0v) is 14.8. The lowest BCUT2D eigenvalue weighted by atomic mass is 10.2. The van der Waals surface area contributed by atoms with Crippen LogP contribution in [0.2, 0.25) is 5.02 Å². The first-order valence-electron chi connectivity index (χ1n) is 7.53. The van der Waals surface area contributed by atoms with Crippen LogP contribution in [0.15, 0.2) is 12.1 Å². The van der Waals surface area contributed by atoms with Gasteiger partial charge < -0.3 is 24.4 Å². The van der Waals surface area contributed by atoms with E-state index in [2.05, 4.69) is 5.32 Å². The first-order valence-corrected chi connectivity index (χ1v) is 7.90. The van der Waals surface area contributed by atoms with E-state index in [1.165, 1.54) is 31.3 Å². The van der Waals surface area contributed by atoms with Crippen molar-refractivity contribution in [3.8, 4) is 11.5 Å². The maximum atomic E-state index is 12.4. The largest absolute Gasteiger partial charge is 0.495 e. The molecule has 7 nitrogen and oxygen atoms in total. The Balaban J connectivity index is 2.15. The number of nitrogens with zero attached hydrogens (tertiary/aromatic N) is 1. The minimum atomic E-state index is -0.751. The molecular formula is C16H21ClN2O5. The van der Waals surface area contributed by atoms with Gasteiger partial charge in [-0.2, -0.15) is 0 Å². The topological polar surface area (TPSA) is 77.1 Å². The van der Waals surface area contributed by atoms with Gasteiger partial charge in [0.25, 0.3) is 0 Å². The van der Waals surface area contributed by atoms with Crippen molar-refractivity contribution >= 4 is 29.1 Å². The van der Waals surface area contributed by atoms with Crippen molar-refractivity contribution in [1.82, 2.24) is 4.90 Å². The molecule has 0 aliphatic carbocycles. The third-order valence-corrected chi connectivity index (χ3v) is 3.92. The summed E-state index contributed by atoms with van der Waals surface area (Å²) in [5.41, 5.74) is 0.312. The van der Waals surface area contributed by atoms with Crippen LogP contribution >= 0.6 is 11.6 Å². The monoisotopic (exact) mass is 356 g/mol. The number of halogens is 1. The van der Waals surface area contributed by atoms with Crippen molar-refractivity contribution in [2.45, 2.75) is 26.1 Å². The van der Waals surface area contributed by atoms with Gasteiger partial charge >= 0.3 is 11.8 Å². The zero-order valence-electron chi connectivity index (χ0n) is 14.1. The number of amides is 2. The number of hydrogen-bond donors (Lipinski definition) is 1. The number of methoxy groups -OCH3 is 2. The van der Waals surface area contributed by atoms with Crippen LogP contribution in [-0.2, 0) is 14.3 Å². The van der Waals surface area contributed by atoms with E-state index < -0.39 is 11.8 Å². The summed E-state index contributed by atoms with van der Waals surface area (Å²) in [6.45, 7) is 4.47. The highest BCUT2D eigenvalue weighted by atomic mass is 35.5. The van der Waals surface area contributed by atoms with Crippen LogP contribution in [0.25, 0.3) is 0 Å². The lowest BCUT2D eigenvalue weighted by Gasteiger charge is -2.34. The Kier molecular flexibility index (Phi) is 5.90. The third-order valence-electron chi connectivity index (χ3n) is 3.62. The number of carbonyl (C=O) groups is 2. The number of morpholine rings is 1. The fraction of sp³-hybridized carbons (Fsp3) is 0.500. The molecule has 0 bridgehead atoms. The summed E-state index contributed by atoms with van der Waals surface area (Å²) in [5.74, 6) is -0.661. The van der Waals surface area contributed by atoms with Crippen molar-refractivity contribution in [2.75, 3.05) is 32.6 Å². The van der Waals surface area contributed by atoms with E-state index in [1.807, 2.05) is 13.8 Å². The van der Waals surface area contributed by atoms with E-state index in [9.17, 15) is 9.59 Å². The van der Waals surface area contributed by atoms with Gasteiger partial charge in [-0.1, -0.05) is 11.6 Å². The van der Waals surface area contributed by atoms with Gasteiger partial charge in [0.1, 0.15) is 11.5 Å². The van der Waals surface area contributed by atoms with Crippen LogP contribution in [0, 0.1) is 0 Å². The van der Waals surface area contributed by atoms with Gasteiger partial charge in [-0.05, 0) is 13.8 Å². The first kappa shape index (κ1) is 18.4.